The molecule has 0 radical (unpaired) electrons. The van der Waals surface area contributed by atoms with Crippen LogP contribution in [0.15, 0.2) is 0 Å². The zero-order valence-corrected chi connectivity index (χ0v) is 21.0. The van der Waals surface area contributed by atoms with Gasteiger partial charge in [-0.2, -0.15) is 0 Å². The lowest BCUT2D eigenvalue weighted by atomic mass is 9.99. The van der Waals surface area contributed by atoms with E-state index < -0.39 is 43.4 Å². The first-order chi connectivity index (χ1) is 16.0. The molecule has 0 amide bonds. The molecule has 7 nitrogen and oxygen atoms in total. The average molecular weight is 477 g/mol. The summed E-state index contributed by atoms with van der Waals surface area (Å²) in [6, 6.07) is 0. The van der Waals surface area contributed by atoms with E-state index in [1.807, 2.05) is 0 Å². The molecule has 1 heterocycles. The Morgan fingerprint density at radius 1 is 0.667 bits per heavy atom. The molecule has 1 aliphatic heterocycles. The van der Waals surface area contributed by atoms with Crippen LogP contribution in [0.1, 0.15) is 116 Å². The third-order valence-corrected chi connectivity index (χ3v) is 6.69. The second-order valence-corrected chi connectivity index (χ2v) is 9.78. The molecule has 198 valence electrons. The molecule has 0 spiro atoms. The van der Waals surface area contributed by atoms with Crippen LogP contribution in [0.2, 0.25) is 0 Å². The van der Waals surface area contributed by atoms with E-state index >= 15 is 0 Å². The average Bonchev–Trinajstić information content (AvgIpc) is 2.82. The topological polar surface area (TPSA) is 120 Å². The van der Waals surface area contributed by atoms with E-state index in [1.54, 1.807) is 0 Å². The molecule has 1 rings (SSSR count). The molecular weight excluding hydrogens is 424 g/mol. The van der Waals surface area contributed by atoms with Crippen LogP contribution in [0.5, 0.6) is 0 Å². The molecule has 0 bridgehead atoms. The maximum Gasteiger partial charge on any atom is 0.186 e. The first-order valence-electron chi connectivity index (χ1n) is 13.6. The smallest absolute Gasteiger partial charge is 0.186 e. The van der Waals surface area contributed by atoms with E-state index in [4.69, 9.17) is 9.47 Å². The zero-order valence-electron chi connectivity index (χ0n) is 21.0. The van der Waals surface area contributed by atoms with E-state index in [0.717, 1.165) is 12.8 Å². The van der Waals surface area contributed by atoms with E-state index in [1.165, 1.54) is 89.9 Å². The lowest BCUT2D eigenvalue weighted by Gasteiger charge is -2.39. The quantitative estimate of drug-likeness (QED) is 0.160. The maximum absolute atomic E-state index is 10.1. The SMILES string of the molecule is CCCCCCCCCCCCCCCCCCC(O)CO[C@H]1OC(CO)[C@@H](O)C(O)[C@@H]1O. The van der Waals surface area contributed by atoms with Gasteiger partial charge in [0, 0.05) is 0 Å². The second kappa shape index (κ2) is 20.0. The van der Waals surface area contributed by atoms with Gasteiger partial charge >= 0.3 is 0 Å². The Bertz CT molecular complexity index is 435. The number of hydrogen-bond acceptors (Lipinski definition) is 7. The van der Waals surface area contributed by atoms with Gasteiger partial charge in [-0.15, -0.1) is 0 Å². The molecule has 6 atom stereocenters. The summed E-state index contributed by atoms with van der Waals surface area (Å²) < 4.78 is 10.7. The third-order valence-electron chi connectivity index (χ3n) is 6.69. The largest absolute Gasteiger partial charge is 0.394 e. The summed E-state index contributed by atoms with van der Waals surface area (Å²) in [6.45, 7) is 1.74. The van der Waals surface area contributed by atoms with Crippen LogP contribution in [0, 0.1) is 0 Å². The van der Waals surface area contributed by atoms with Crippen molar-refractivity contribution >= 4 is 0 Å². The number of unbranched alkanes of at least 4 members (excludes halogenated alkanes) is 15. The van der Waals surface area contributed by atoms with Crippen LogP contribution in [-0.2, 0) is 9.47 Å². The van der Waals surface area contributed by atoms with Gasteiger partial charge in [0.05, 0.1) is 19.3 Å². The fourth-order valence-electron chi connectivity index (χ4n) is 4.42. The molecule has 33 heavy (non-hydrogen) atoms. The van der Waals surface area contributed by atoms with E-state index in [9.17, 15) is 25.5 Å². The summed E-state index contributed by atoms with van der Waals surface area (Å²) >= 11 is 0. The van der Waals surface area contributed by atoms with Crippen molar-refractivity contribution in [2.75, 3.05) is 13.2 Å². The second-order valence-electron chi connectivity index (χ2n) is 9.78. The van der Waals surface area contributed by atoms with Crippen molar-refractivity contribution in [2.45, 2.75) is 153 Å². The highest BCUT2D eigenvalue weighted by Gasteiger charge is 2.44. The summed E-state index contributed by atoms with van der Waals surface area (Å²) in [5, 5.41) is 48.7. The molecule has 3 unspecified atom stereocenters. The highest BCUT2D eigenvalue weighted by Crippen LogP contribution is 2.22. The summed E-state index contributed by atoms with van der Waals surface area (Å²) in [5.74, 6) is 0. The number of aliphatic hydroxyl groups excluding tert-OH is 5. The molecule has 0 aliphatic carbocycles. The summed E-state index contributed by atoms with van der Waals surface area (Å²) in [5.41, 5.74) is 0. The van der Waals surface area contributed by atoms with Crippen LogP contribution in [0.25, 0.3) is 0 Å². The van der Waals surface area contributed by atoms with Gasteiger partial charge in [-0.25, -0.2) is 0 Å². The fraction of sp³-hybridized carbons (Fsp3) is 1.00. The molecule has 0 aromatic carbocycles. The lowest BCUT2D eigenvalue weighted by Crippen LogP contribution is -2.59. The predicted octanol–water partition coefficient (Wildman–Crippen LogP) is 3.82. The molecule has 0 aromatic heterocycles. The summed E-state index contributed by atoms with van der Waals surface area (Å²) in [7, 11) is 0. The van der Waals surface area contributed by atoms with Crippen molar-refractivity contribution in [1.29, 1.82) is 0 Å². The highest BCUT2D eigenvalue weighted by atomic mass is 16.7. The minimum atomic E-state index is -1.46. The zero-order chi connectivity index (χ0) is 24.3. The Morgan fingerprint density at radius 3 is 1.58 bits per heavy atom. The Hall–Kier alpha value is -0.280. The van der Waals surface area contributed by atoms with E-state index in [-0.39, 0.29) is 6.61 Å². The van der Waals surface area contributed by atoms with E-state index in [2.05, 4.69) is 6.92 Å². The number of rotatable bonds is 21. The van der Waals surface area contributed by atoms with Gasteiger partial charge in [0.2, 0.25) is 0 Å². The Labute approximate surface area is 201 Å². The van der Waals surface area contributed by atoms with Gasteiger partial charge in [-0.1, -0.05) is 110 Å². The minimum absolute atomic E-state index is 0.0264. The molecule has 1 saturated heterocycles. The van der Waals surface area contributed by atoms with Crippen molar-refractivity contribution < 1.29 is 35.0 Å². The molecule has 0 aromatic rings. The van der Waals surface area contributed by atoms with Crippen molar-refractivity contribution in [3.05, 3.63) is 0 Å². The molecule has 1 aliphatic rings. The molecular formula is C26H52O7. The van der Waals surface area contributed by atoms with Crippen molar-refractivity contribution in [1.82, 2.24) is 0 Å². The molecule has 1 fully saturated rings. The summed E-state index contributed by atoms with van der Waals surface area (Å²) in [6.07, 6.45) is 14.4. The van der Waals surface area contributed by atoms with Gasteiger partial charge in [0.15, 0.2) is 6.29 Å². The van der Waals surface area contributed by atoms with Crippen molar-refractivity contribution in [2.24, 2.45) is 0 Å². The molecule has 7 heteroatoms. The Balaban J connectivity index is 1.90. The van der Waals surface area contributed by atoms with Crippen LogP contribution >= 0.6 is 0 Å². The van der Waals surface area contributed by atoms with Crippen molar-refractivity contribution in [3.8, 4) is 0 Å². The fourth-order valence-corrected chi connectivity index (χ4v) is 4.42. The van der Waals surface area contributed by atoms with Crippen molar-refractivity contribution in [3.63, 3.8) is 0 Å². The van der Waals surface area contributed by atoms with Crippen LogP contribution < -0.4 is 0 Å². The Kier molecular flexibility index (Phi) is 18.6. The van der Waals surface area contributed by atoms with Gasteiger partial charge in [-0.05, 0) is 6.42 Å². The predicted molar refractivity (Wildman–Crippen MR) is 130 cm³/mol. The minimum Gasteiger partial charge on any atom is -0.394 e. The highest BCUT2D eigenvalue weighted by molar-refractivity contribution is 4.88. The van der Waals surface area contributed by atoms with Gasteiger partial charge in [0.1, 0.15) is 24.4 Å². The lowest BCUT2D eigenvalue weighted by molar-refractivity contribution is -0.304. The number of aliphatic hydroxyl groups is 5. The monoisotopic (exact) mass is 476 g/mol. The first-order valence-corrected chi connectivity index (χ1v) is 13.6. The standard InChI is InChI=1S/C26H52O7/c1-2-3-4-5-6-7-8-9-10-11-12-13-14-15-16-17-18-21(28)20-32-26-25(31)24(30)23(29)22(19-27)33-26/h21-31H,2-20H2,1H3/t21?,22?,23-,24?,25+,26+/m1/s1. The maximum atomic E-state index is 10.1. The van der Waals surface area contributed by atoms with Crippen LogP contribution in [0.3, 0.4) is 0 Å². The van der Waals surface area contributed by atoms with Crippen LogP contribution in [0.4, 0.5) is 0 Å². The van der Waals surface area contributed by atoms with Gasteiger partial charge in [0.25, 0.3) is 0 Å². The molecule has 5 N–H and O–H groups in total. The third kappa shape index (κ3) is 14.0. The normalized spacial score (nSPS) is 26.5. The van der Waals surface area contributed by atoms with Crippen LogP contribution in [-0.4, -0.2) is 75.6 Å². The molecule has 0 saturated carbocycles. The van der Waals surface area contributed by atoms with Gasteiger partial charge in [-0.3, -0.25) is 0 Å². The first kappa shape index (κ1) is 30.8. The van der Waals surface area contributed by atoms with Gasteiger partial charge < -0.3 is 35.0 Å². The Morgan fingerprint density at radius 2 is 1.12 bits per heavy atom. The number of ether oxygens (including phenoxy) is 2. The summed E-state index contributed by atoms with van der Waals surface area (Å²) in [4.78, 5) is 0. The number of hydrogen-bond donors (Lipinski definition) is 5. The van der Waals surface area contributed by atoms with E-state index in [0.29, 0.717) is 6.42 Å².